The summed E-state index contributed by atoms with van der Waals surface area (Å²) in [6.45, 7) is 0.858. The first-order valence-corrected chi connectivity index (χ1v) is 2.71. The van der Waals surface area contributed by atoms with Crippen molar-refractivity contribution in [1.82, 2.24) is 3.93 Å². The van der Waals surface area contributed by atoms with Gasteiger partial charge in [-0.25, -0.2) is 0 Å². The van der Waals surface area contributed by atoms with Gasteiger partial charge in [0.2, 0.25) is 0 Å². The van der Waals surface area contributed by atoms with E-state index in [-0.39, 0.29) is 0 Å². The van der Waals surface area contributed by atoms with Crippen LogP contribution in [0.15, 0.2) is 17.4 Å². The summed E-state index contributed by atoms with van der Waals surface area (Å²) in [5.74, 6) is 0. The molecule has 0 unspecified atom stereocenters. The Morgan fingerprint density at radius 3 is 2.86 bits per heavy atom. The third-order valence-electron chi connectivity index (χ3n) is 0.676. The van der Waals surface area contributed by atoms with Crippen molar-refractivity contribution >= 4 is 22.4 Å². The number of halogens is 1. The van der Waals surface area contributed by atoms with E-state index in [1.165, 1.54) is 0 Å². The summed E-state index contributed by atoms with van der Waals surface area (Å²) in [4.78, 5) is 3.85. The maximum Gasteiger partial charge on any atom is 0.0643 e. The molecule has 38 valence electrons. The molecule has 2 nitrogen and oxygen atoms in total. The summed E-state index contributed by atoms with van der Waals surface area (Å²) in [6, 6.07) is 0. The zero-order chi connectivity index (χ0) is 5.11. The summed E-state index contributed by atoms with van der Waals surface area (Å²) < 4.78 is 1.88. The van der Waals surface area contributed by atoms with Gasteiger partial charge in [-0.05, 0) is 0 Å². The molecule has 0 aliphatic carbocycles. The van der Waals surface area contributed by atoms with Crippen molar-refractivity contribution in [3.05, 3.63) is 12.4 Å². The standard InChI is InChI=1S/C4H5BrN2/c5-7-3-1-6-2-4-7/h1-3H,4H2. The first-order chi connectivity index (χ1) is 3.39. The molecule has 0 radical (unpaired) electrons. The fourth-order valence-corrected chi connectivity index (χ4v) is 0.593. The Hall–Kier alpha value is -0.310. The summed E-state index contributed by atoms with van der Waals surface area (Å²) in [5, 5.41) is 0. The molecular weight excluding hydrogens is 156 g/mol. The highest BCUT2D eigenvalue weighted by Gasteiger charge is 1.89. The molecule has 1 aliphatic heterocycles. The van der Waals surface area contributed by atoms with E-state index in [1.807, 2.05) is 16.3 Å². The molecule has 0 fully saturated rings. The van der Waals surface area contributed by atoms with Crippen LogP contribution in [0.5, 0.6) is 0 Å². The van der Waals surface area contributed by atoms with Crippen molar-refractivity contribution in [2.24, 2.45) is 4.99 Å². The molecule has 0 N–H and O–H groups in total. The van der Waals surface area contributed by atoms with Crippen LogP contribution in [0.25, 0.3) is 0 Å². The molecule has 0 aromatic rings. The maximum absolute atomic E-state index is 3.85. The minimum absolute atomic E-state index is 0.858. The van der Waals surface area contributed by atoms with Gasteiger partial charge in [0.1, 0.15) is 0 Å². The first-order valence-electron chi connectivity index (χ1n) is 2.00. The van der Waals surface area contributed by atoms with E-state index in [4.69, 9.17) is 0 Å². The van der Waals surface area contributed by atoms with Crippen LogP contribution in [0, 0.1) is 0 Å². The van der Waals surface area contributed by atoms with E-state index < -0.39 is 0 Å². The van der Waals surface area contributed by atoms with Gasteiger partial charge >= 0.3 is 0 Å². The van der Waals surface area contributed by atoms with Crippen molar-refractivity contribution in [3.63, 3.8) is 0 Å². The normalized spacial score (nSPS) is 18.1. The topological polar surface area (TPSA) is 15.6 Å². The Bertz CT molecular complexity index is 108. The molecule has 0 atom stereocenters. The van der Waals surface area contributed by atoms with Crippen molar-refractivity contribution in [3.8, 4) is 0 Å². The van der Waals surface area contributed by atoms with E-state index in [9.17, 15) is 0 Å². The summed E-state index contributed by atoms with van der Waals surface area (Å²) in [5.41, 5.74) is 0. The van der Waals surface area contributed by atoms with Gasteiger partial charge in [-0.1, -0.05) is 0 Å². The minimum Gasteiger partial charge on any atom is -0.309 e. The third kappa shape index (κ3) is 1.31. The van der Waals surface area contributed by atoms with Crippen molar-refractivity contribution in [2.45, 2.75) is 0 Å². The Balaban J connectivity index is 2.49. The highest BCUT2D eigenvalue weighted by Crippen LogP contribution is 1.99. The molecule has 0 aromatic heterocycles. The maximum atomic E-state index is 3.85. The lowest BCUT2D eigenvalue weighted by Crippen LogP contribution is -2.07. The fraction of sp³-hybridized carbons (Fsp3) is 0.250. The Morgan fingerprint density at radius 2 is 2.57 bits per heavy atom. The van der Waals surface area contributed by atoms with Gasteiger partial charge in [0.25, 0.3) is 0 Å². The van der Waals surface area contributed by atoms with Crippen molar-refractivity contribution < 1.29 is 0 Å². The average Bonchev–Trinajstić information content (AvgIpc) is 1.69. The number of nitrogens with zero attached hydrogens (tertiary/aromatic N) is 2. The zero-order valence-corrected chi connectivity index (χ0v) is 5.30. The number of rotatable bonds is 0. The lowest BCUT2D eigenvalue weighted by atomic mass is 10.6. The molecule has 1 aliphatic rings. The van der Waals surface area contributed by atoms with Crippen LogP contribution in [0.2, 0.25) is 0 Å². The molecule has 0 spiro atoms. The van der Waals surface area contributed by atoms with Gasteiger partial charge in [0.05, 0.1) is 6.54 Å². The van der Waals surface area contributed by atoms with Crippen molar-refractivity contribution in [1.29, 1.82) is 0 Å². The number of hydrogen-bond acceptors (Lipinski definition) is 2. The van der Waals surface area contributed by atoms with Gasteiger partial charge in [-0.3, -0.25) is 4.99 Å². The van der Waals surface area contributed by atoms with Crippen molar-refractivity contribution in [2.75, 3.05) is 6.54 Å². The molecule has 7 heavy (non-hydrogen) atoms. The molecule has 3 heteroatoms. The van der Waals surface area contributed by atoms with Crippen LogP contribution >= 0.6 is 16.1 Å². The predicted molar refractivity (Wildman–Crippen MR) is 33.3 cm³/mol. The molecule has 0 bridgehead atoms. The smallest absolute Gasteiger partial charge is 0.0643 e. The molecular formula is C4H5BrN2. The van der Waals surface area contributed by atoms with E-state index in [0.29, 0.717) is 0 Å². The van der Waals surface area contributed by atoms with Gasteiger partial charge in [-0.2, -0.15) is 0 Å². The van der Waals surface area contributed by atoms with Gasteiger partial charge in [0.15, 0.2) is 0 Å². The summed E-state index contributed by atoms with van der Waals surface area (Å²) >= 11 is 3.24. The van der Waals surface area contributed by atoms with E-state index in [2.05, 4.69) is 21.1 Å². The molecule has 0 saturated carbocycles. The highest BCUT2D eigenvalue weighted by atomic mass is 79.9. The van der Waals surface area contributed by atoms with E-state index in [0.717, 1.165) is 6.54 Å². The lowest BCUT2D eigenvalue weighted by molar-refractivity contribution is 0.739. The van der Waals surface area contributed by atoms with Crippen LogP contribution in [0.1, 0.15) is 0 Å². The van der Waals surface area contributed by atoms with Crippen LogP contribution in [-0.4, -0.2) is 16.7 Å². The van der Waals surface area contributed by atoms with Crippen LogP contribution in [0.3, 0.4) is 0 Å². The largest absolute Gasteiger partial charge is 0.309 e. The molecule has 0 amide bonds. The summed E-state index contributed by atoms with van der Waals surface area (Å²) in [7, 11) is 0. The SMILES string of the molecule is BrN1C=CN=CC1. The van der Waals surface area contributed by atoms with Crippen LogP contribution in [-0.2, 0) is 0 Å². The molecule has 0 aromatic carbocycles. The fourth-order valence-electron chi connectivity index (χ4n) is 0.358. The highest BCUT2D eigenvalue weighted by molar-refractivity contribution is 9.07. The average molecular weight is 161 g/mol. The van der Waals surface area contributed by atoms with Crippen LogP contribution < -0.4 is 0 Å². The molecule has 0 saturated heterocycles. The minimum atomic E-state index is 0.858. The number of aliphatic imine (C=N–C) groups is 1. The zero-order valence-electron chi connectivity index (χ0n) is 3.71. The molecule has 1 heterocycles. The second-order valence-corrected chi connectivity index (χ2v) is 2.12. The van der Waals surface area contributed by atoms with Gasteiger partial charge < -0.3 is 3.93 Å². The van der Waals surface area contributed by atoms with Gasteiger partial charge in [-0.15, -0.1) is 0 Å². The van der Waals surface area contributed by atoms with Gasteiger partial charge in [0, 0.05) is 34.8 Å². The lowest BCUT2D eigenvalue weighted by Gasteiger charge is -2.07. The number of hydrogen-bond donors (Lipinski definition) is 0. The third-order valence-corrected chi connectivity index (χ3v) is 1.20. The second-order valence-electron chi connectivity index (χ2n) is 1.21. The molecule has 1 rings (SSSR count). The Kier molecular flexibility index (Phi) is 1.46. The van der Waals surface area contributed by atoms with Crippen LogP contribution in [0.4, 0.5) is 0 Å². The van der Waals surface area contributed by atoms with E-state index in [1.54, 1.807) is 6.20 Å². The summed E-state index contributed by atoms with van der Waals surface area (Å²) in [6.07, 6.45) is 5.42. The monoisotopic (exact) mass is 160 g/mol. The first kappa shape index (κ1) is 4.84. The quantitative estimate of drug-likeness (QED) is 0.486. The second kappa shape index (κ2) is 2.12. The Morgan fingerprint density at radius 1 is 1.71 bits per heavy atom. The van der Waals surface area contributed by atoms with E-state index >= 15 is 0 Å². The predicted octanol–water partition coefficient (Wildman–Crippen LogP) is 1.15. The Labute approximate surface area is 50.9 Å².